The number of hydrogen-bond donors (Lipinski definition) is 2. The monoisotopic (exact) mass is 616 g/mol. The summed E-state index contributed by atoms with van der Waals surface area (Å²) in [6.07, 6.45) is 0. The molecule has 45 heavy (non-hydrogen) atoms. The Balaban J connectivity index is 1.40. The predicted molar refractivity (Wildman–Crippen MR) is 155 cm³/mol. The van der Waals surface area contributed by atoms with E-state index in [1.807, 2.05) is 13.8 Å². The van der Waals surface area contributed by atoms with Gasteiger partial charge in [0, 0.05) is 29.7 Å². The summed E-state index contributed by atoms with van der Waals surface area (Å²) in [5, 5.41) is 40.7. The number of ether oxygens (including phenoxy) is 1. The lowest BCUT2D eigenvalue weighted by Crippen LogP contribution is -2.19. The van der Waals surface area contributed by atoms with Crippen molar-refractivity contribution in [3.8, 4) is 11.5 Å². The maximum atomic E-state index is 12.7. The van der Waals surface area contributed by atoms with Crippen molar-refractivity contribution < 1.29 is 49.0 Å². The number of carboxylic acids is 2. The van der Waals surface area contributed by atoms with Gasteiger partial charge in [-0.25, -0.2) is 14.4 Å². The number of benzene rings is 4. The molecule has 0 fully saturated rings. The smallest absolute Gasteiger partial charge is 0.344 e. The third-order valence-electron chi connectivity index (χ3n) is 6.93. The highest BCUT2D eigenvalue weighted by Crippen LogP contribution is 2.34. The summed E-state index contributed by atoms with van der Waals surface area (Å²) < 4.78 is 5.32. The van der Waals surface area contributed by atoms with Crippen molar-refractivity contribution in [2.24, 2.45) is 0 Å². The molecule has 0 saturated carbocycles. The normalized spacial score (nSPS) is 11.0. The van der Waals surface area contributed by atoms with Gasteiger partial charge in [-0.2, -0.15) is 4.89 Å². The van der Waals surface area contributed by atoms with Crippen molar-refractivity contribution in [3.05, 3.63) is 139 Å². The topological polar surface area (TPSA) is 206 Å². The molecule has 14 heteroatoms. The molecule has 0 radical (unpaired) electrons. The molecule has 0 aliphatic rings. The molecule has 0 aliphatic heterocycles. The average molecular weight is 617 g/mol. The third kappa shape index (κ3) is 7.26. The van der Waals surface area contributed by atoms with E-state index < -0.39 is 44.4 Å². The molecule has 0 amide bonds. The van der Waals surface area contributed by atoms with E-state index in [4.69, 9.17) is 14.5 Å². The minimum Gasteiger partial charge on any atom is -0.478 e. The highest BCUT2D eigenvalue weighted by molar-refractivity contribution is 6.03. The van der Waals surface area contributed by atoms with E-state index >= 15 is 0 Å². The van der Waals surface area contributed by atoms with Crippen LogP contribution in [-0.4, -0.2) is 38.0 Å². The van der Waals surface area contributed by atoms with Crippen LogP contribution in [0.2, 0.25) is 0 Å². The molecule has 0 aliphatic carbocycles. The van der Waals surface area contributed by atoms with Gasteiger partial charge in [0.2, 0.25) is 0 Å². The molecule has 4 rings (SSSR count). The van der Waals surface area contributed by atoms with Crippen molar-refractivity contribution in [1.82, 2.24) is 0 Å². The number of carboxylic acid groups (broad SMARTS) is 2. The van der Waals surface area contributed by atoms with Gasteiger partial charge in [-0.05, 0) is 53.1 Å². The Morgan fingerprint density at radius 3 is 1.69 bits per heavy atom. The molecule has 14 nitrogen and oxygen atoms in total. The van der Waals surface area contributed by atoms with E-state index in [2.05, 4.69) is 0 Å². The lowest BCUT2D eigenvalue weighted by Gasteiger charge is -2.26. The number of esters is 1. The number of aromatic carboxylic acids is 2. The second-order valence-electron chi connectivity index (χ2n) is 10.1. The second kappa shape index (κ2) is 13.0. The van der Waals surface area contributed by atoms with Gasteiger partial charge >= 0.3 is 17.9 Å². The Bertz CT molecular complexity index is 1800. The average Bonchev–Trinajstić information content (AvgIpc) is 3.01. The summed E-state index contributed by atoms with van der Waals surface area (Å²) in [5.41, 5.74) is -0.626. The number of hydrogen-bond acceptors (Lipinski definition) is 10. The Morgan fingerprint density at radius 2 is 1.18 bits per heavy atom. The Hall–Kier alpha value is -6.15. The standard InChI is InChI=1S/C31H24N2O12/c1-31(2,19-4-10-23(11-5-19)44-30(38)25-14-9-22(33(41)42)16-27(25)29(36)37)20-6-12-24(13-7-20)45-43-17-18-3-8-21(32(39)40)15-26(18)28(34)35/h3-16H,17H2,1-2H3,(H,34,35)(H,36,37). The first-order valence-electron chi connectivity index (χ1n) is 13.0. The van der Waals surface area contributed by atoms with Crippen molar-refractivity contribution in [2.45, 2.75) is 25.9 Å². The van der Waals surface area contributed by atoms with E-state index in [-0.39, 0.29) is 34.7 Å². The van der Waals surface area contributed by atoms with Crippen LogP contribution in [0.1, 0.15) is 61.6 Å². The summed E-state index contributed by atoms with van der Waals surface area (Å²) in [5.74, 6) is -3.38. The number of nitro groups is 2. The van der Waals surface area contributed by atoms with Crippen molar-refractivity contribution in [1.29, 1.82) is 0 Å². The van der Waals surface area contributed by atoms with Gasteiger partial charge in [0.1, 0.15) is 12.4 Å². The Labute approximate surface area is 254 Å². The first-order valence-corrected chi connectivity index (χ1v) is 13.0. The molecule has 0 atom stereocenters. The molecule has 0 heterocycles. The SMILES string of the molecule is CC(C)(c1ccc(OOCc2ccc([N+](=O)[O-])cc2C(=O)O)cc1)c1ccc(OC(=O)c2ccc([N+](=O)[O-])cc2C(=O)O)cc1. The first kappa shape index (κ1) is 31.8. The molecular weight excluding hydrogens is 592 g/mol. The second-order valence-corrected chi connectivity index (χ2v) is 10.1. The quantitative estimate of drug-likeness (QED) is 0.0622. The van der Waals surface area contributed by atoms with Gasteiger partial charge in [-0.3, -0.25) is 20.2 Å². The zero-order chi connectivity index (χ0) is 32.9. The van der Waals surface area contributed by atoms with E-state index in [0.717, 1.165) is 35.4 Å². The number of carbonyl (C=O) groups is 3. The molecular formula is C31H24N2O12. The van der Waals surface area contributed by atoms with E-state index in [1.165, 1.54) is 24.3 Å². The fraction of sp³-hybridized carbons (Fsp3) is 0.129. The maximum absolute atomic E-state index is 12.7. The van der Waals surface area contributed by atoms with Crippen LogP contribution in [0.4, 0.5) is 11.4 Å². The van der Waals surface area contributed by atoms with Crippen LogP contribution in [0.5, 0.6) is 11.5 Å². The van der Waals surface area contributed by atoms with Crippen LogP contribution in [0.3, 0.4) is 0 Å². The molecule has 0 bridgehead atoms. The highest BCUT2D eigenvalue weighted by atomic mass is 17.2. The van der Waals surface area contributed by atoms with Crippen molar-refractivity contribution in [2.75, 3.05) is 0 Å². The largest absolute Gasteiger partial charge is 0.478 e. The number of rotatable bonds is 12. The summed E-state index contributed by atoms with van der Waals surface area (Å²) in [7, 11) is 0. The van der Waals surface area contributed by atoms with Crippen LogP contribution in [0, 0.1) is 20.2 Å². The number of nitro benzene ring substituents is 2. The van der Waals surface area contributed by atoms with Gasteiger partial charge in [0.15, 0.2) is 5.75 Å². The fourth-order valence-corrected chi connectivity index (χ4v) is 4.36. The third-order valence-corrected chi connectivity index (χ3v) is 6.93. The zero-order valence-electron chi connectivity index (χ0n) is 23.7. The van der Waals surface area contributed by atoms with E-state index in [0.29, 0.717) is 5.75 Å². The molecule has 4 aromatic rings. The molecule has 0 aromatic heterocycles. The molecule has 0 unspecified atom stereocenters. The fourth-order valence-electron chi connectivity index (χ4n) is 4.36. The first-order chi connectivity index (χ1) is 21.3. The van der Waals surface area contributed by atoms with Crippen LogP contribution in [0.15, 0.2) is 84.9 Å². The minimum atomic E-state index is -1.51. The van der Waals surface area contributed by atoms with Crippen LogP contribution in [-0.2, 0) is 16.9 Å². The molecule has 230 valence electrons. The predicted octanol–water partition coefficient (Wildman–Crippen LogP) is 5.96. The van der Waals surface area contributed by atoms with Gasteiger partial charge < -0.3 is 19.8 Å². The minimum absolute atomic E-state index is 0.134. The van der Waals surface area contributed by atoms with Gasteiger partial charge in [0.25, 0.3) is 11.4 Å². The maximum Gasteiger partial charge on any atom is 0.344 e. The lowest BCUT2D eigenvalue weighted by molar-refractivity contribution is -0.385. The van der Waals surface area contributed by atoms with Crippen LogP contribution in [0.25, 0.3) is 0 Å². The summed E-state index contributed by atoms with van der Waals surface area (Å²) in [6, 6.07) is 19.7. The number of carbonyl (C=O) groups excluding carboxylic acids is 1. The lowest BCUT2D eigenvalue weighted by atomic mass is 9.78. The molecule has 0 spiro atoms. The van der Waals surface area contributed by atoms with Crippen LogP contribution < -0.4 is 9.62 Å². The van der Waals surface area contributed by atoms with Gasteiger partial charge in [0.05, 0.1) is 26.5 Å². The number of non-ortho nitro benzene ring substituents is 2. The molecule has 0 saturated heterocycles. The summed E-state index contributed by atoms with van der Waals surface area (Å²) >= 11 is 0. The highest BCUT2D eigenvalue weighted by Gasteiger charge is 2.25. The van der Waals surface area contributed by atoms with Crippen molar-refractivity contribution in [3.63, 3.8) is 0 Å². The van der Waals surface area contributed by atoms with Gasteiger partial charge in [-0.1, -0.05) is 38.1 Å². The molecule has 2 N–H and O–H groups in total. The zero-order valence-corrected chi connectivity index (χ0v) is 23.7. The Morgan fingerprint density at radius 1 is 0.689 bits per heavy atom. The van der Waals surface area contributed by atoms with Crippen LogP contribution >= 0.6 is 0 Å². The van der Waals surface area contributed by atoms with E-state index in [9.17, 15) is 44.8 Å². The van der Waals surface area contributed by atoms with Gasteiger partial charge in [-0.15, -0.1) is 0 Å². The summed E-state index contributed by atoms with van der Waals surface area (Å²) in [6.45, 7) is 3.64. The number of nitrogens with zero attached hydrogens (tertiary/aromatic N) is 2. The molecule has 4 aromatic carbocycles. The van der Waals surface area contributed by atoms with E-state index in [1.54, 1.807) is 36.4 Å². The van der Waals surface area contributed by atoms with Crippen molar-refractivity contribution >= 4 is 29.3 Å². The summed E-state index contributed by atoms with van der Waals surface area (Å²) in [4.78, 5) is 66.6. The Kier molecular flexibility index (Phi) is 9.19.